The second-order valence-corrected chi connectivity index (χ2v) is 7.78. The van der Waals surface area contributed by atoms with E-state index in [1.165, 1.54) is 38.7 Å². The SMILES string of the molecule is Cc1cc(-c2c(C)cccc2-c2ccccc2)ncc1-n1cc2ccccc2[n+]1C. The van der Waals surface area contributed by atoms with Gasteiger partial charge in [0.05, 0.1) is 23.5 Å². The maximum Gasteiger partial charge on any atom is 0.238 e. The molecule has 5 aromatic rings. The summed E-state index contributed by atoms with van der Waals surface area (Å²) in [5.41, 5.74) is 9.34. The van der Waals surface area contributed by atoms with Crippen LogP contribution in [0.4, 0.5) is 0 Å². The highest BCUT2D eigenvalue weighted by Crippen LogP contribution is 2.34. The predicted octanol–water partition coefficient (Wildman–Crippen LogP) is 5.80. The Labute approximate surface area is 176 Å². The average Bonchev–Trinajstić information content (AvgIpc) is 3.10. The highest BCUT2D eigenvalue weighted by molar-refractivity contribution is 5.84. The van der Waals surface area contributed by atoms with Crippen LogP contribution in [-0.4, -0.2) is 9.67 Å². The normalized spacial score (nSPS) is 11.2. The summed E-state index contributed by atoms with van der Waals surface area (Å²) < 4.78 is 4.34. The Morgan fingerprint density at radius 3 is 2.33 bits per heavy atom. The minimum absolute atomic E-state index is 1.01. The number of rotatable bonds is 3. The zero-order chi connectivity index (χ0) is 20.7. The predicted molar refractivity (Wildman–Crippen MR) is 123 cm³/mol. The Kier molecular flexibility index (Phi) is 4.44. The fourth-order valence-electron chi connectivity index (χ4n) is 4.25. The van der Waals surface area contributed by atoms with Gasteiger partial charge in [0.1, 0.15) is 5.69 Å². The topological polar surface area (TPSA) is 21.7 Å². The van der Waals surface area contributed by atoms with E-state index in [0.29, 0.717) is 0 Å². The summed E-state index contributed by atoms with van der Waals surface area (Å²) in [6.07, 6.45) is 4.16. The van der Waals surface area contributed by atoms with Gasteiger partial charge in [0.2, 0.25) is 5.52 Å². The van der Waals surface area contributed by atoms with Crippen LogP contribution in [0.15, 0.2) is 91.3 Å². The Hall–Kier alpha value is -3.72. The first-order valence-electron chi connectivity index (χ1n) is 10.2. The molecule has 0 aliphatic rings. The summed E-state index contributed by atoms with van der Waals surface area (Å²) in [4.78, 5) is 4.91. The number of pyridine rings is 1. The van der Waals surface area contributed by atoms with Gasteiger partial charge in [-0.25, -0.2) is 0 Å². The van der Waals surface area contributed by atoms with Crippen molar-refractivity contribution in [3.8, 4) is 28.1 Å². The van der Waals surface area contributed by atoms with E-state index in [4.69, 9.17) is 4.98 Å². The Bertz CT molecular complexity index is 1360. The number of aromatic nitrogens is 3. The van der Waals surface area contributed by atoms with Gasteiger partial charge in [0.25, 0.3) is 0 Å². The maximum absolute atomic E-state index is 4.91. The van der Waals surface area contributed by atoms with E-state index in [0.717, 1.165) is 11.4 Å². The average molecular weight is 391 g/mol. The minimum atomic E-state index is 1.01. The van der Waals surface area contributed by atoms with Crippen LogP contribution in [-0.2, 0) is 7.05 Å². The molecule has 0 radical (unpaired) electrons. The highest BCUT2D eigenvalue weighted by Gasteiger charge is 2.18. The third-order valence-electron chi connectivity index (χ3n) is 5.81. The van der Waals surface area contributed by atoms with Gasteiger partial charge in [0.15, 0.2) is 7.05 Å². The molecule has 0 atom stereocenters. The van der Waals surface area contributed by atoms with E-state index in [1.807, 2.05) is 6.20 Å². The second-order valence-electron chi connectivity index (χ2n) is 7.78. The Morgan fingerprint density at radius 2 is 1.57 bits per heavy atom. The number of nitrogens with zero attached hydrogens (tertiary/aromatic N) is 3. The van der Waals surface area contributed by atoms with Crippen molar-refractivity contribution in [2.75, 3.05) is 0 Å². The first-order chi connectivity index (χ1) is 14.6. The molecule has 0 saturated heterocycles. The molecule has 0 spiro atoms. The van der Waals surface area contributed by atoms with Crippen LogP contribution < -0.4 is 4.68 Å². The summed E-state index contributed by atoms with van der Waals surface area (Å²) >= 11 is 0. The molecule has 2 heterocycles. The molecule has 0 saturated carbocycles. The number of aryl methyl sites for hydroxylation is 3. The lowest BCUT2D eigenvalue weighted by Gasteiger charge is -2.14. The van der Waals surface area contributed by atoms with Gasteiger partial charge < -0.3 is 0 Å². The van der Waals surface area contributed by atoms with Crippen LogP contribution in [0.25, 0.3) is 39.0 Å². The summed E-state index contributed by atoms with van der Waals surface area (Å²) in [6.45, 7) is 4.32. The lowest BCUT2D eigenvalue weighted by atomic mass is 9.93. The molecule has 0 N–H and O–H groups in total. The number of benzene rings is 3. The van der Waals surface area contributed by atoms with Crippen molar-refractivity contribution in [2.45, 2.75) is 13.8 Å². The Balaban J connectivity index is 1.65. The van der Waals surface area contributed by atoms with Crippen LogP contribution in [0.1, 0.15) is 11.1 Å². The quantitative estimate of drug-likeness (QED) is 0.357. The summed E-state index contributed by atoms with van der Waals surface area (Å²) in [5, 5.41) is 1.22. The summed E-state index contributed by atoms with van der Waals surface area (Å²) in [7, 11) is 2.09. The van der Waals surface area contributed by atoms with Crippen molar-refractivity contribution in [2.24, 2.45) is 7.05 Å². The lowest BCUT2D eigenvalue weighted by Crippen LogP contribution is -2.38. The summed E-state index contributed by atoms with van der Waals surface area (Å²) in [5.74, 6) is 0. The van der Waals surface area contributed by atoms with Gasteiger partial charge in [-0.15, -0.1) is 9.36 Å². The Morgan fingerprint density at radius 1 is 0.800 bits per heavy atom. The van der Waals surface area contributed by atoms with Gasteiger partial charge in [-0.2, -0.15) is 0 Å². The fourth-order valence-corrected chi connectivity index (χ4v) is 4.25. The fraction of sp³-hybridized carbons (Fsp3) is 0.111. The van der Waals surface area contributed by atoms with Crippen molar-refractivity contribution in [1.29, 1.82) is 0 Å². The lowest BCUT2D eigenvalue weighted by molar-refractivity contribution is -0.720. The molecule has 3 aromatic carbocycles. The van der Waals surface area contributed by atoms with Crippen LogP contribution in [0, 0.1) is 13.8 Å². The van der Waals surface area contributed by atoms with Crippen LogP contribution in [0.3, 0.4) is 0 Å². The van der Waals surface area contributed by atoms with Crippen LogP contribution in [0.2, 0.25) is 0 Å². The zero-order valence-corrected chi connectivity index (χ0v) is 17.5. The largest absolute Gasteiger partial charge is 0.254 e. The van der Waals surface area contributed by atoms with E-state index >= 15 is 0 Å². The molecule has 0 bridgehead atoms. The van der Waals surface area contributed by atoms with E-state index in [1.54, 1.807) is 0 Å². The molecular weight excluding hydrogens is 366 g/mol. The first kappa shape index (κ1) is 18.3. The van der Waals surface area contributed by atoms with Crippen LogP contribution in [0.5, 0.6) is 0 Å². The van der Waals surface area contributed by atoms with Crippen molar-refractivity contribution < 1.29 is 4.68 Å². The molecule has 146 valence electrons. The third kappa shape index (κ3) is 3.00. The van der Waals surface area contributed by atoms with E-state index in [2.05, 4.69) is 115 Å². The number of fused-ring (bicyclic) bond motifs is 1. The third-order valence-corrected chi connectivity index (χ3v) is 5.81. The molecule has 3 heteroatoms. The van der Waals surface area contributed by atoms with Gasteiger partial charge >= 0.3 is 0 Å². The molecule has 0 aliphatic carbocycles. The molecule has 0 amide bonds. The van der Waals surface area contributed by atoms with Crippen LogP contribution >= 0.6 is 0 Å². The van der Waals surface area contributed by atoms with E-state index in [9.17, 15) is 0 Å². The van der Waals surface area contributed by atoms with Gasteiger partial charge in [0, 0.05) is 11.6 Å². The van der Waals surface area contributed by atoms with Gasteiger partial charge in [-0.1, -0.05) is 60.7 Å². The van der Waals surface area contributed by atoms with Gasteiger partial charge in [-0.05, 0) is 48.2 Å². The highest BCUT2D eigenvalue weighted by atomic mass is 15.4. The summed E-state index contributed by atoms with van der Waals surface area (Å²) in [6, 6.07) is 27.6. The van der Waals surface area contributed by atoms with Crippen molar-refractivity contribution >= 4 is 10.9 Å². The second kappa shape index (κ2) is 7.27. The van der Waals surface area contributed by atoms with Crippen molar-refractivity contribution in [3.63, 3.8) is 0 Å². The molecule has 5 rings (SSSR count). The number of hydrogen-bond acceptors (Lipinski definition) is 1. The monoisotopic (exact) mass is 390 g/mol. The molecule has 0 fully saturated rings. The number of hydrogen-bond donors (Lipinski definition) is 0. The molecule has 3 nitrogen and oxygen atoms in total. The minimum Gasteiger partial charge on any atom is -0.254 e. The van der Waals surface area contributed by atoms with E-state index in [-0.39, 0.29) is 0 Å². The number of para-hydroxylation sites is 1. The molecule has 0 aliphatic heterocycles. The maximum atomic E-state index is 4.91. The standard InChI is InChI=1S/C27H24N3/c1-19-10-9-14-23(21-11-5-4-6-12-21)27(19)24-16-20(2)26(17-28-24)30-18-22-13-7-8-15-25(22)29(30)3/h4-18H,1-3H3/q+1. The molecular formula is C27H24N3+. The first-order valence-corrected chi connectivity index (χ1v) is 10.2. The van der Waals surface area contributed by atoms with E-state index < -0.39 is 0 Å². The van der Waals surface area contributed by atoms with Crippen molar-refractivity contribution in [1.82, 2.24) is 9.67 Å². The smallest absolute Gasteiger partial charge is 0.238 e. The molecule has 2 aromatic heterocycles. The van der Waals surface area contributed by atoms with Crippen molar-refractivity contribution in [3.05, 3.63) is 102 Å². The molecule has 0 unspecified atom stereocenters. The van der Waals surface area contributed by atoms with Gasteiger partial charge in [-0.3, -0.25) is 4.98 Å². The molecule has 30 heavy (non-hydrogen) atoms. The zero-order valence-electron chi connectivity index (χ0n) is 17.5.